The Bertz CT molecular complexity index is 1470. The Morgan fingerprint density at radius 2 is 1.72 bits per heavy atom. The van der Waals surface area contributed by atoms with Gasteiger partial charge in [-0.2, -0.15) is 0 Å². The summed E-state index contributed by atoms with van der Waals surface area (Å²) >= 11 is 2.06. The first-order valence-electron chi connectivity index (χ1n) is 12.0. The topological polar surface area (TPSA) is 94.2 Å². The van der Waals surface area contributed by atoms with Gasteiger partial charge in [0.1, 0.15) is 24.5 Å². The molecule has 1 fully saturated rings. The molecule has 3 aromatic carbocycles. The van der Waals surface area contributed by atoms with E-state index in [0.717, 1.165) is 16.0 Å². The van der Waals surface area contributed by atoms with Crippen LogP contribution in [-0.4, -0.2) is 31.1 Å². The fourth-order valence-electron chi connectivity index (χ4n) is 3.79. The first-order valence-corrected chi connectivity index (χ1v) is 13.1. The number of nitrogens with zero attached hydrogens (tertiary/aromatic N) is 1. The Hall–Kier alpha value is -4.30. The largest absolute Gasteiger partial charge is 0.490 e. The van der Waals surface area contributed by atoms with Gasteiger partial charge < -0.3 is 14.2 Å². The van der Waals surface area contributed by atoms with Crippen LogP contribution in [0.15, 0.2) is 66.2 Å². The summed E-state index contributed by atoms with van der Waals surface area (Å²) in [6.07, 6.45) is 6.72. The smallest absolute Gasteiger partial charge is 0.335 e. The van der Waals surface area contributed by atoms with Gasteiger partial charge in [0, 0.05) is 0 Å². The highest BCUT2D eigenvalue weighted by atomic mass is 127. The second-order valence-electron chi connectivity index (χ2n) is 8.48. The van der Waals surface area contributed by atoms with Crippen LogP contribution in [0.2, 0.25) is 0 Å². The molecule has 198 valence electrons. The molecule has 0 bridgehead atoms. The van der Waals surface area contributed by atoms with Crippen molar-refractivity contribution in [2.24, 2.45) is 0 Å². The lowest BCUT2D eigenvalue weighted by molar-refractivity contribution is -0.122. The van der Waals surface area contributed by atoms with Crippen LogP contribution in [-0.2, 0) is 16.2 Å². The summed E-state index contributed by atoms with van der Waals surface area (Å²) in [5, 5.41) is 2.24. The van der Waals surface area contributed by atoms with Crippen LogP contribution < -0.4 is 24.4 Å². The van der Waals surface area contributed by atoms with Gasteiger partial charge >= 0.3 is 6.03 Å². The van der Waals surface area contributed by atoms with Crippen molar-refractivity contribution < 1.29 is 28.6 Å². The Balaban J connectivity index is 1.56. The predicted molar refractivity (Wildman–Crippen MR) is 156 cm³/mol. The minimum absolute atomic E-state index is 0.0598. The molecule has 0 aliphatic carbocycles. The highest BCUT2D eigenvalue weighted by Crippen LogP contribution is 2.35. The molecule has 0 radical (unpaired) electrons. The van der Waals surface area contributed by atoms with Crippen LogP contribution in [0, 0.1) is 22.8 Å². The van der Waals surface area contributed by atoms with Gasteiger partial charge in [0.2, 0.25) is 0 Å². The van der Waals surface area contributed by atoms with Crippen molar-refractivity contribution in [2.75, 3.05) is 18.1 Å². The summed E-state index contributed by atoms with van der Waals surface area (Å²) in [6.45, 7) is 4.64. The monoisotopic (exact) mass is 636 g/mol. The average Bonchev–Trinajstić information content (AvgIpc) is 2.91. The minimum Gasteiger partial charge on any atom is -0.490 e. The Morgan fingerprint density at radius 1 is 1.00 bits per heavy atom. The van der Waals surface area contributed by atoms with Crippen molar-refractivity contribution in [1.82, 2.24) is 5.32 Å². The maximum atomic E-state index is 13.3. The summed E-state index contributed by atoms with van der Waals surface area (Å²) in [5.41, 5.74) is 2.78. The van der Waals surface area contributed by atoms with Gasteiger partial charge in [-0.3, -0.25) is 14.9 Å². The standard InChI is InChI=1S/C30H25IN2O6/c1-4-14-38-27-25(31)16-21(17-26(27)37-5-2)15-24-28(34)32-30(36)33(29(24)35)22-10-12-23(13-11-22)39-18-20-8-6-19(3)7-9-20/h1,6-13,15-17H,5,14,18H2,2-3H3,(H,32,34,36)/b24-15+. The van der Waals surface area contributed by atoms with E-state index in [1.165, 1.54) is 6.08 Å². The first-order chi connectivity index (χ1) is 18.8. The van der Waals surface area contributed by atoms with Crippen molar-refractivity contribution in [3.8, 4) is 29.6 Å². The summed E-state index contributed by atoms with van der Waals surface area (Å²) in [4.78, 5) is 39.5. The fourth-order valence-corrected chi connectivity index (χ4v) is 4.57. The van der Waals surface area contributed by atoms with E-state index in [2.05, 4.69) is 33.8 Å². The van der Waals surface area contributed by atoms with Gasteiger partial charge in [-0.1, -0.05) is 35.7 Å². The Kier molecular flexibility index (Phi) is 8.88. The molecular formula is C30H25IN2O6. The van der Waals surface area contributed by atoms with E-state index in [9.17, 15) is 14.4 Å². The van der Waals surface area contributed by atoms with Crippen molar-refractivity contribution in [1.29, 1.82) is 0 Å². The molecule has 39 heavy (non-hydrogen) atoms. The molecular weight excluding hydrogens is 611 g/mol. The normalized spacial score (nSPS) is 14.2. The molecule has 1 saturated heterocycles. The van der Waals surface area contributed by atoms with Crippen molar-refractivity contribution >= 4 is 52.2 Å². The quantitative estimate of drug-likeness (QED) is 0.149. The maximum Gasteiger partial charge on any atom is 0.335 e. The van der Waals surface area contributed by atoms with Gasteiger partial charge in [0.15, 0.2) is 11.5 Å². The zero-order valence-corrected chi connectivity index (χ0v) is 23.5. The van der Waals surface area contributed by atoms with E-state index < -0.39 is 17.8 Å². The highest BCUT2D eigenvalue weighted by molar-refractivity contribution is 14.1. The van der Waals surface area contributed by atoms with Crippen LogP contribution in [0.1, 0.15) is 23.6 Å². The number of halogens is 1. The molecule has 1 N–H and O–H groups in total. The van der Waals surface area contributed by atoms with Crippen molar-refractivity contribution in [3.63, 3.8) is 0 Å². The maximum absolute atomic E-state index is 13.3. The van der Waals surface area contributed by atoms with E-state index in [0.29, 0.717) is 45.3 Å². The van der Waals surface area contributed by atoms with Gasteiger partial charge in [-0.15, -0.1) is 6.42 Å². The van der Waals surface area contributed by atoms with Gasteiger partial charge in [-0.25, -0.2) is 9.69 Å². The van der Waals surface area contributed by atoms with Gasteiger partial charge in [-0.05, 0) is 90.0 Å². The number of carbonyl (C=O) groups is 3. The van der Waals surface area contributed by atoms with E-state index in [1.807, 2.05) is 38.1 Å². The lowest BCUT2D eigenvalue weighted by atomic mass is 10.1. The summed E-state index contributed by atoms with van der Waals surface area (Å²) in [6, 6.07) is 17.0. The zero-order chi connectivity index (χ0) is 27.9. The van der Waals surface area contributed by atoms with E-state index >= 15 is 0 Å². The summed E-state index contributed by atoms with van der Waals surface area (Å²) in [7, 11) is 0. The number of aryl methyl sites for hydroxylation is 1. The number of terminal acetylenes is 1. The van der Waals surface area contributed by atoms with E-state index in [4.69, 9.17) is 20.6 Å². The number of hydrogen-bond donors (Lipinski definition) is 1. The fraction of sp³-hybridized carbons (Fsp3) is 0.167. The molecule has 8 nitrogen and oxygen atoms in total. The van der Waals surface area contributed by atoms with Crippen molar-refractivity contribution in [3.05, 3.63) is 86.5 Å². The highest BCUT2D eigenvalue weighted by Gasteiger charge is 2.37. The molecule has 0 atom stereocenters. The molecule has 0 unspecified atom stereocenters. The van der Waals surface area contributed by atoms with Gasteiger partial charge in [0.05, 0.1) is 15.9 Å². The van der Waals surface area contributed by atoms with Crippen LogP contribution in [0.3, 0.4) is 0 Å². The number of urea groups is 1. The number of hydrogen-bond acceptors (Lipinski definition) is 6. The van der Waals surface area contributed by atoms with E-state index in [1.54, 1.807) is 36.4 Å². The number of anilines is 1. The molecule has 4 amide bonds. The second kappa shape index (κ2) is 12.5. The molecule has 1 aliphatic rings. The average molecular weight is 636 g/mol. The Labute approximate surface area is 240 Å². The van der Waals surface area contributed by atoms with Gasteiger partial charge in [0.25, 0.3) is 11.8 Å². The lowest BCUT2D eigenvalue weighted by Gasteiger charge is -2.26. The number of imide groups is 2. The second-order valence-corrected chi connectivity index (χ2v) is 9.64. The summed E-state index contributed by atoms with van der Waals surface area (Å²) < 4.78 is 17.8. The SMILES string of the molecule is C#CCOc1c(I)cc(/C=C2\C(=O)NC(=O)N(c3ccc(OCc4ccc(C)cc4)cc3)C2=O)cc1OCC. The van der Waals surface area contributed by atoms with Crippen LogP contribution in [0.25, 0.3) is 6.08 Å². The predicted octanol–water partition coefficient (Wildman–Crippen LogP) is 5.26. The number of rotatable bonds is 9. The number of carbonyl (C=O) groups excluding carboxylic acids is 3. The minimum atomic E-state index is -0.835. The molecule has 3 aromatic rings. The molecule has 0 spiro atoms. The first kappa shape index (κ1) is 27.7. The number of ether oxygens (including phenoxy) is 3. The molecule has 9 heteroatoms. The van der Waals surface area contributed by atoms with Crippen LogP contribution in [0.4, 0.5) is 10.5 Å². The zero-order valence-electron chi connectivity index (χ0n) is 21.3. The molecule has 4 rings (SSSR count). The third-order valence-corrected chi connectivity index (χ3v) is 6.47. The van der Waals surface area contributed by atoms with Crippen LogP contribution in [0.5, 0.6) is 17.2 Å². The lowest BCUT2D eigenvalue weighted by Crippen LogP contribution is -2.54. The molecule has 0 saturated carbocycles. The number of benzene rings is 3. The number of amides is 4. The third kappa shape index (κ3) is 6.59. The molecule has 0 aromatic heterocycles. The van der Waals surface area contributed by atoms with E-state index in [-0.39, 0.29) is 12.2 Å². The number of barbiturate groups is 1. The number of nitrogens with one attached hydrogen (secondary N) is 1. The summed E-state index contributed by atoms with van der Waals surface area (Å²) in [5.74, 6) is 2.33. The molecule has 1 aliphatic heterocycles. The molecule has 1 heterocycles. The van der Waals surface area contributed by atoms with Crippen LogP contribution >= 0.6 is 22.6 Å². The Morgan fingerprint density at radius 3 is 2.38 bits per heavy atom. The third-order valence-electron chi connectivity index (χ3n) is 5.67. The van der Waals surface area contributed by atoms with Crippen molar-refractivity contribution in [2.45, 2.75) is 20.5 Å².